The summed E-state index contributed by atoms with van der Waals surface area (Å²) in [6.45, 7) is 13.0. The summed E-state index contributed by atoms with van der Waals surface area (Å²) in [4.78, 5) is 21.0. The summed E-state index contributed by atoms with van der Waals surface area (Å²) in [6, 6.07) is 0. The van der Waals surface area contributed by atoms with Gasteiger partial charge in [-0.1, -0.05) is 34.6 Å². The monoisotopic (exact) mass is 288 g/mol. The molecule has 0 aromatic rings. The number of ether oxygens (including phenoxy) is 2. The minimum atomic E-state index is -0.185. The van der Waals surface area contributed by atoms with Gasteiger partial charge in [-0.2, -0.15) is 0 Å². The Morgan fingerprint density at radius 3 is 1.70 bits per heavy atom. The number of carbonyl (C=O) groups is 2. The van der Waals surface area contributed by atoms with E-state index in [2.05, 4.69) is 27.7 Å². The Bertz CT molecular complexity index is 247. The Balaban J connectivity index is 0. The van der Waals surface area contributed by atoms with Crippen molar-refractivity contribution in [2.45, 2.75) is 67.2 Å². The van der Waals surface area contributed by atoms with Gasteiger partial charge < -0.3 is 9.47 Å². The van der Waals surface area contributed by atoms with Crippen molar-refractivity contribution in [3.05, 3.63) is 0 Å². The normalized spacial score (nSPS) is 10.0. The van der Waals surface area contributed by atoms with Gasteiger partial charge in [-0.3, -0.25) is 9.59 Å². The van der Waals surface area contributed by atoms with Crippen LogP contribution in [0.25, 0.3) is 0 Å². The molecule has 0 saturated carbocycles. The fourth-order valence-corrected chi connectivity index (χ4v) is 1.12. The molecule has 0 fully saturated rings. The van der Waals surface area contributed by atoms with Gasteiger partial charge in [0, 0.05) is 13.3 Å². The quantitative estimate of drug-likeness (QED) is 0.634. The highest BCUT2D eigenvalue weighted by atomic mass is 16.5. The molecule has 0 aliphatic heterocycles. The summed E-state index contributed by atoms with van der Waals surface area (Å²) in [7, 11) is 0. The molecule has 4 nitrogen and oxygen atoms in total. The lowest BCUT2D eigenvalue weighted by Gasteiger charge is -2.05. The SMILES string of the molecule is CC(=O)OCCC(C)C.CCCC(=O)OCCC(C)C. The molecule has 0 aliphatic carbocycles. The average molecular weight is 288 g/mol. The maximum Gasteiger partial charge on any atom is 0.305 e. The van der Waals surface area contributed by atoms with Crippen LogP contribution in [0, 0.1) is 11.8 Å². The lowest BCUT2D eigenvalue weighted by atomic mass is 10.1. The first-order valence-corrected chi connectivity index (χ1v) is 7.58. The first-order valence-electron chi connectivity index (χ1n) is 7.58. The van der Waals surface area contributed by atoms with Gasteiger partial charge in [0.15, 0.2) is 0 Å². The van der Waals surface area contributed by atoms with Crippen molar-refractivity contribution in [1.29, 1.82) is 0 Å². The van der Waals surface area contributed by atoms with Gasteiger partial charge in [-0.15, -0.1) is 0 Å². The van der Waals surface area contributed by atoms with E-state index in [0.717, 1.165) is 19.3 Å². The highest BCUT2D eigenvalue weighted by molar-refractivity contribution is 5.69. The van der Waals surface area contributed by atoms with Crippen molar-refractivity contribution in [3.8, 4) is 0 Å². The summed E-state index contributed by atoms with van der Waals surface area (Å²) in [6.07, 6.45) is 3.35. The third-order valence-corrected chi connectivity index (χ3v) is 2.41. The van der Waals surface area contributed by atoms with E-state index in [1.807, 2.05) is 6.92 Å². The first kappa shape index (κ1) is 21.2. The van der Waals surface area contributed by atoms with E-state index in [4.69, 9.17) is 9.47 Å². The fourth-order valence-electron chi connectivity index (χ4n) is 1.12. The van der Waals surface area contributed by atoms with Gasteiger partial charge in [0.25, 0.3) is 0 Å². The van der Waals surface area contributed by atoms with Crippen LogP contribution in [-0.2, 0) is 19.1 Å². The molecule has 0 aliphatic rings. The van der Waals surface area contributed by atoms with Crippen LogP contribution in [0.15, 0.2) is 0 Å². The Morgan fingerprint density at radius 1 is 0.900 bits per heavy atom. The molecule has 120 valence electrons. The summed E-state index contributed by atoms with van der Waals surface area (Å²) < 4.78 is 9.67. The number of hydrogen-bond donors (Lipinski definition) is 0. The predicted octanol–water partition coefficient (Wildman–Crippen LogP) is 3.97. The molecule has 0 N–H and O–H groups in total. The zero-order chi connectivity index (χ0) is 16.0. The van der Waals surface area contributed by atoms with Crippen molar-refractivity contribution in [2.24, 2.45) is 11.8 Å². The number of esters is 2. The van der Waals surface area contributed by atoms with Gasteiger partial charge in [-0.05, 0) is 31.1 Å². The Labute approximate surface area is 124 Å². The van der Waals surface area contributed by atoms with E-state index in [0.29, 0.717) is 31.5 Å². The lowest BCUT2D eigenvalue weighted by molar-refractivity contribution is -0.144. The standard InChI is InChI=1S/C9H18O2.C7H14O2/c1-4-5-9(10)11-7-6-8(2)3;1-6(2)4-5-9-7(3)8/h8H,4-7H2,1-3H3;6H,4-5H2,1-3H3. The van der Waals surface area contributed by atoms with E-state index in [9.17, 15) is 9.59 Å². The summed E-state index contributed by atoms with van der Waals surface area (Å²) in [5.74, 6) is 0.984. The Morgan fingerprint density at radius 2 is 1.35 bits per heavy atom. The highest BCUT2D eigenvalue weighted by Crippen LogP contribution is 2.00. The predicted molar refractivity (Wildman–Crippen MR) is 81.4 cm³/mol. The fraction of sp³-hybridized carbons (Fsp3) is 0.875. The van der Waals surface area contributed by atoms with Gasteiger partial charge in [0.05, 0.1) is 13.2 Å². The summed E-state index contributed by atoms with van der Waals surface area (Å²) in [5, 5.41) is 0. The number of carbonyl (C=O) groups excluding carboxylic acids is 2. The second-order valence-electron chi connectivity index (χ2n) is 5.68. The van der Waals surface area contributed by atoms with Crippen LogP contribution < -0.4 is 0 Å². The van der Waals surface area contributed by atoms with Gasteiger partial charge in [0.2, 0.25) is 0 Å². The Kier molecular flexibility index (Phi) is 15.2. The number of hydrogen-bond acceptors (Lipinski definition) is 4. The first-order chi connectivity index (χ1) is 9.29. The van der Waals surface area contributed by atoms with E-state index in [1.165, 1.54) is 6.92 Å². The smallest absolute Gasteiger partial charge is 0.305 e. The van der Waals surface area contributed by atoms with Crippen LogP contribution in [0.4, 0.5) is 0 Å². The molecule has 0 aromatic heterocycles. The molecule has 0 amide bonds. The van der Waals surface area contributed by atoms with Crippen LogP contribution in [-0.4, -0.2) is 25.2 Å². The molecule has 0 unspecified atom stereocenters. The molecular formula is C16H32O4. The molecule has 4 heteroatoms. The van der Waals surface area contributed by atoms with Crippen molar-refractivity contribution in [3.63, 3.8) is 0 Å². The van der Waals surface area contributed by atoms with Gasteiger partial charge in [0.1, 0.15) is 0 Å². The minimum Gasteiger partial charge on any atom is -0.466 e. The molecule has 0 bridgehead atoms. The average Bonchev–Trinajstić information content (AvgIpc) is 2.28. The van der Waals surface area contributed by atoms with Crippen molar-refractivity contribution < 1.29 is 19.1 Å². The molecule has 0 atom stereocenters. The zero-order valence-corrected chi connectivity index (χ0v) is 14.0. The maximum absolute atomic E-state index is 10.8. The Hall–Kier alpha value is -1.06. The summed E-state index contributed by atoms with van der Waals surface area (Å²) >= 11 is 0. The largest absolute Gasteiger partial charge is 0.466 e. The van der Waals surface area contributed by atoms with E-state index in [-0.39, 0.29) is 11.9 Å². The summed E-state index contributed by atoms with van der Waals surface area (Å²) in [5.41, 5.74) is 0. The van der Waals surface area contributed by atoms with E-state index in [1.54, 1.807) is 0 Å². The molecule has 0 rings (SSSR count). The van der Waals surface area contributed by atoms with Crippen LogP contribution in [0.1, 0.15) is 67.2 Å². The second kappa shape index (κ2) is 14.4. The second-order valence-corrected chi connectivity index (χ2v) is 5.68. The van der Waals surface area contributed by atoms with Crippen molar-refractivity contribution >= 4 is 11.9 Å². The molecular weight excluding hydrogens is 256 g/mol. The minimum absolute atomic E-state index is 0.0619. The van der Waals surface area contributed by atoms with Crippen molar-refractivity contribution in [2.75, 3.05) is 13.2 Å². The van der Waals surface area contributed by atoms with Crippen LogP contribution in [0.5, 0.6) is 0 Å². The maximum atomic E-state index is 10.8. The van der Waals surface area contributed by atoms with Crippen molar-refractivity contribution in [1.82, 2.24) is 0 Å². The topological polar surface area (TPSA) is 52.6 Å². The van der Waals surface area contributed by atoms with Crippen LogP contribution in [0.2, 0.25) is 0 Å². The highest BCUT2D eigenvalue weighted by Gasteiger charge is 2.00. The molecule has 0 radical (unpaired) electrons. The van der Waals surface area contributed by atoms with Crippen LogP contribution >= 0.6 is 0 Å². The molecule has 0 spiro atoms. The number of rotatable bonds is 8. The van der Waals surface area contributed by atoms with Gasteiger partial charge >= 0.3 is 11.9 Å². The third-order valence-electron chi connectivity index (χ3n) is 2.41. The molecule has 20 heavy (non-hydrogen) atoms. The molecule has 0 aromatic carbocycles. The van der Waals surface area contributed by atoms with E-state index < -0.39 is 0 Å². The van der Waals surface area contributed by atoms with Crippen LogP contribution in [0.3, 0.4) is 0 Å². The molecule has 0 saturated heterocycles. The van der Waals surface area contributed by atoms with Gasteiger partial charge in [-0.25, -0.2) is 0 Å². The zero-order valence-electron chi connectivity index (χ0n) is 14.0. The lowest BCUT2D eigenvalue weighted by Crippen LogP contribution is -2.06. The third kappa shape index (κ3) is 22.1. The molecule has 0 heterocycles. The van der Waals surface area contributed by atoms with E-state index >= 15 is 0 Å².